The summed E-state index contributed by atoms with van der Waals surface area (Å²) in [5, 5.41) is 0. The molecule has 14 heavy (non-hydrogen) atoms. The lowest BCUT2D eigenvalue weighted by atomic mass is 10.1. The van der Waals surface area contributed by atoms with Crippen LogP contribution in [-0.2, 0) is 6.42 Å². The first kappa shape index (κ1) is 9.31. The Morgan fingerprint density at radius 1 is 1.57 bits per heavy atom. The fourth-order valence-electron chi connectivity index (χ4n) is 1.91. The first-order valence-electron chi connectivity index (χ1n) is 5.06. The molecule has 0 aromatic carbocycles. The molecule has 0 N–H and O–H groups in total. The summed E-state index contributed by atoms with van der Waals surface area (Å²) in [5.41, 5.74) is 3.77. The predicted octanol–water partition coefficient (Wildman–Crippen LogP) is 1.78. The summed E-state index contributed by atoms with van der Waals surface area (Å²) in [6.07, 6.45) is 2.95. The third kappa shape index (κ3) is 1.33. The molecule has 1 aliphatic heterocycles. The van der Waals surface area contributed by atoms with Gasteiger partial charge in [-0.15, -0.1) is 0 Å². The van der Waals surface area contributed by atoms with E-state index in [1.807, 2.05) is 6.20 Å². The highest BCUT2D eigenvalue weighted by atomic mass is 16.5. The molecule has 3 heteroatoms. The fraction of sp³-hybridized carbons (Fsp3) is 0.545. The van der Waals surface area contributed by atoms with Gasteiger partial charge < -0.3 is 9.64 Å². The molecule has 1 aromatic heterocycles. The van der Waals surface area contributed by atoms with Crippen molar-refractivity contribution in [1.82, 2.24) is 4.98 Å². The molecule has 0 amide bonds. The predicted molar refractivity (Wildman–Crippen MR) is 57.1 cm³/mol. The normalized spacial score (nSPS) is 14.9. The lowest BCUT2D eigenvalue weighted by molar-refractivity contribution is 0.298. The number of hydrogen-bond acceptors (Lipinski definition) is 3. The summed E-state index contributed by atoms with van der Waals surface area (Å²) in [7, 11) is 2.09. The number of likely N-dealkylation sites (N-methyl/N-ethyl adjacent to an activating group) is 1. The highest BCUT2D eigenvalue weighted by Crippen LogP contribution is 2.33. The molecule has 76 valence electrons. The van der Waals surface area contributed by atoms with Crippen LogP contribution in [0.5, 0.6) is 5.88 Å². The van der Waals surface area contributed by atoms with Crippen LogP contribution < -0.4 is 9.64 Å². The zero-order valence-electron chi connectivity index (χ0n) is 9.00. The number of ether oxygens (including phenoxy) is 1. The molecule has 0 atom stereocenters. The third-order valence-corrected chi connectivity index (χ3v) is 2.81. The van der Waals surface area contributed by atoms with Gasteiger partial charge in [0.05, 0.1) is 6.54 Å². The second-order valence-corrected chi connectivity index (χ2v) is 3.69. The lowest BCUT2D eigenvalue weighted by Crippen LogP contribution is -2.30. The van der Waals surface area contributed by atoms with Crippen molar-refractivity contribution < 1.29 is 4.74 Å². The second kappa shape index (κ2) is 3.48. The maximum atomic E-state index is 5.52. The van der Waals surface area contributed by atoms with Crippen LogP contribution in [0.15, 0.2) is 6.20 Å². The third-order valence-electron chi connectivity index (χ3n) is 2.81. The highest BCUT2D eigenvalue weighted by molar-refractivity contribution is 5.63. The van der Waals surface area contributed by atoms with Crippen molar-refractivity contribution >= 4 is 5.69 Å². The van der Waals surface area contributed by atoms with Gasteiger partial charge in [0.25, 0.3) is 0 Å². The largest absolute Gasteiger partial charge is 0.474 e. The Morgan fingerprint density at radius 3 is 3.07 bits per heavy atom. The Kier molecular flexibility index (Phi) is 2.32. The van der Waals surface area contributed by atoms with E-state index in [1.54, 1.807) is 0 Å². The number of rotatable bonds is 1. The average molecular weight is 192 g/mol. The first-order valence-corrected chi connectivity index (χ1v) is 5.06. The zero-order chi connectivity index (χ0) is 10.1. The van der Waals surface area contributed by atoms with E-state index in [2.05, 4.69) is 30.8 Å². The number of hydrogen-bond donors (Lipinski definition) is 0. The summed E-state index contributed by atoms with van der Waals surface area (Å²) in [6, 6.07) is 0. The molecule has 0 radical (unpaired) electrons. The molecule has 1 aromatic rings. The molecule has 0 saturated heterocycles. The molecule has 0 spiro atoms. The van der Waals surface area contributed by atoms with Crippen molar-refractivity contribution in [1.29, 1.82) is 0 Å². The number of anilines is 1. The van der Waals surface area contributed by atoms with Gasteiger partial charge >= 0.3 is 0 Å². The van der Waals surface area contributed by atoms with Gasteiger partial charge in [0.15, 0.2) is 0 Å². The summed E-state index contributed by atoms with van der Waals surface area (Å²) in [5.74, 6) is 0.786. The molecule has 0 bridgehead atoms. The van der Waals surface area contributed by atoms with E-state index in [9.17, 15) is 0 Å². The van der Waals surface area contributed by atoms with Crippen LogP contribution in [0.1, 0.15) is 18.1 Å². The topological polar surface area (TPSA) is 25.4 Å². The molecule has 1 aliphatic rings. The van der Waals surface area contributed by atoms with Gasteiger partial charge in [0.1, 0.15) is 12.3 Å². The molecular weight excluding hydrogens is 176 g/mol. The van der Waals surface area contributed by atoms with Gasteiger partial charge in [-0.05, 0) is 24.5 Å². The molecule has 0 unspecified atom stereocenters. The van der Waals surface area contributed by atoms with Gasteiger partial charge in [0, 0.05) is 13.2 Å². The minimum Gasteiger partial charge on any atom is -0.474 e. The molecule has 2 rings (SSSR count). The van der Waals surface area contributed by atoms with Crippen LogP contribution >= 0.6 is 0 Å². The first-order chi connectivity index (χ1) is 6.74. The van der Waals surface area contributed by atoms with Gasteiger partial charge in [-0.3, -0.25) is 0 Å². The average Bonchev–Trinajstić information content (AvgIpc) is 2.18. The van der Waals surface area contributed by atoms with Crippen molar-refractivity contribution in [2.75, 3.05) is 25.1 Å². The molecular formula is C11H16N2O. The van der Waals surface area contributed by atoms with Crippen LogP contribution in [0.2, 0.25) is 0 Å². The molecule has 0 aliphatic carbocycles. The molecule has 0 fully saturated rings. The van der Waals surface area contributed by atoms with Crippen LogP contribution in [0, 0.1) is 6.92 Å². The number of aryl methyl sites for hydroxylation is 1. The Morgan fingerprint density at radius 2 is 2.36 bits per heavy atom. The van der Waals surface area contributed by atoms with Gasteiger partial charge in [-0.25, -0.2) is 4.98 Å². The van der Waals surface area contributed by atoms with E-state index < -0.39 is 0 Å². The summed E-state index contributed by atoms with van der Waals surface area (Å²) >= 11 is 0. The smallest absolute Gasteiger partial charge is 0.237 e. The van der Waals surface area contributed by atoms with E-state index in [-0.39, 0.29) is 0 Å². The van der Waals surface area contributed by atoms with E-state index in [1.165, 1.54) is 11.1 Å². The number of pyridine rings is 1. The van der Waals surface area contributed by atoms with Crippen molar-refractivity contribution in [3.05, 3.63) is 17.3 Å². The maximum Gasteiger partial charge on any atom is 0.237 e. The van der Waals surface area contributed by atoms with Crippen LogP contribution in [0.3, 0.4) is 0 Å². The summed E-state index contributed by atoms with van der Waals surface area (Å²) < 4.78 is 5.52. The summed E-state index contributed by atoms with van der Waals surface area (Å²) in [6.45, 7) is 5.98. The highest BCUT2D eigenvalue weighted by Gasteiger charge is 2.19. The number of aromatic nitrogens is 1. The SMILES string of the molecule is CCc1cnc2c(c1C)N(C)CCO2. The Hall–Kier alpha value is -1.25. The van der Waals surface area contributed by atoms with E-state index in [0.29, 0.717) is 0 Å². The van der Waals surface area contributed by atoms with Crippen molar-refractivity contribution in [3.63, 3.8) is 0 Å². The number of fused-ring (bicyclic) bond motifs is 1. The van der Waals surface area contributed by atoms with E-state index in [0.717, 1.165) is 31.1 Å². The second-order valence-electron chi connectivity index (χ2n) is 3.69. The van der Waals surface area contributed by atoms with Gasteiger partial charge in [-0.2, -0.15) is 0 Å². The van der Waals surface area contributed by atoms with Crippen molar-refractivity contribution in [3.8, 4) is 5.88 Å². The Balaban J connectivity index is 2.54. The van der Waals surface area contributed by atoms with Crippen molar-refractivity contribution in [2.24, 2.45) is 0 Å². The zero-order valence-corrected chi connectivity index (χ0v) is 9.00. The quantitative estimate of drug-likeness (QED) is 0.678. The summed E-state index contributed by atoms with van der Waals surface area (Å²) in [4.78, 5) is 6.56. The minimum atomic E-state index is 0.738. The molecule has 0 saturated carbocycles. The van der Waals surface area contributed by atoms with Crippen LogP contribution in [-0.4, -0.2) is 25.2 Å². The van der Waals surface area contributed by atoms with Crippen LogP contribution in [0.4, 0.5) is 5.69 Å². The standard InChI is InChI=1S/C11H16N2O/c1-4-9-7-12-11-10(8(9)2)13(3)5-6-14-11/h7H,4-6H2,1-3H3. The number of nitrogens with zero attached hydrogens (tertiary/aromatic N) is 2. The fourth-order valence-corrected chi connectivity index (χ4v) is 1.91. The maximum absolute atomic E-state index is 5.52. The molecule has 3 nitrogen and oxygen atoms in total. The Bertz CT molecular complexity index is 349. The van der Waals surface area contributed by atoms with Crippen LogP contribution in [0.25, 0.3) is 0 Å². The van der Waals surface area contributed by atoms with E-state index >= 15 is 0 Å². The lowest BCUT2D eigenvalue weighted by Gasteiger charge is -2.29. The minimum absolute atomic E-state index is 0.738. The van der Waals surface area contributed by atoms with Gasteiger partial charge in [0.2, 0.25) is 5.88 Å². The molecule has 2 heterocycles. The monoisotopic (exact) mass is 192 g/mol. The van der Waals surface area contributed by atoms with Gasteiger partial charge in [-0.1, -0.05) is 6.92 Å². The van der Waals surface area contributed by atoms with E-state index in [4.69, 9.17) is 4.74 Å². The Labute approximate surface area is 84.7 Å². The van der Waals surface area contributed by atoms with Crippen molar-refractivity contribution in [2.45, 2.75) is 20.3 Å².